The van der Waals surface area contributed by atoms with Gasteiger partial charge in [0.15, 0.2) is 5.16 Å². The van der Waals surface area contributed by atoms with Crippen molar-refractivity contribution in [3.63, 3.8) is 0 Å². The Morgan fingerprint density at radius 2 is 1.74 bits per heavy atom. The van der Waals surface area contributed by atoms with Crippen LogP contribution in [0.5, 0.6) is 11.5 Å². The molecule has 0 aliphatic carbocycles. The maximum Gasteiger partial charge on any atom is 0.274 e. The summed E-state index contributed by atoms with van der Waals surface area (Å²) in [4.78, 5) is 36.2. The third-order valence-corrected chi connectivity index (χ3v) is 5.34. The van der Waals surface area contributed by atoms with Gasteiger partial charge in [0.1, 0.15) is 34.4 Å². The predicted molar refractivity (Wildman–Crippen MR) is 128 cm³/mol. The lowest BCUT2D eigenvalue weighted by Gasteiger charge is -2.09. The summed E-state index contributed by atoms with van der Waals surface area (Å²) >= 11 is 1.37. The molecule has 0 unspecified atom stereocenters. The summed E-state index contributed by atoms with van der Waals surface area (Å²) in [7, 11) is 1.53. The lowest BCUT2D eigenvalue weighted by atomic mass is 10.1. The molecule has 0 saturated carbocycles. The van der Waals surface area contributed by atoms with Crippen molar-refractivity contribution in [3.05, 3.63) is 84.1 Å². The van der Waals surface area contributed by atoms with E-state index in [0.717, 1.165) is 0 Å². The Morgan fingerprint density at radius 1 is 1.00 bits per heavy atom. The van der Waals surface area contributed by atoms with Crippen LogP contribution in [0, 0.1) is 5.82 Å². The van der Waals surface area contributed by atoms with E-state index in [1.54, 1.807) is 42.5 Å². The molecule has 34 heavy (non-hydrogen) atoms. The van der Waals surface area contributed by atoms with E-state index in [2.05, 4.69) is 25.6 Å². The van der Waals surface area contributed by atoms with Crippen LogP contribution in [0.4, 0.5) is 10.1 Å². The number of rotatable bonds is 7. The van der Waals surface area contributed by atoms with Gasteiger partial charge in [0.2, 0.25) is 0 Å². The molecule has 172 valence electrons. The van der Waals surface area contributed by atoms with Gasteiger partial charge in [0.05, 0.1) is 0 Å². The Kier molecular flexibility index (Phi) is 6.88. The molecule has 0 aliphatic rings. The second kappa shape index (κ2) is 10.2. The van der Waals surface area contributed by atoms with E-state index in [1.807, 2.05) is 6.26 Å². The van der Waals surface area contributed by atoms with Crippen molar-refractivity contribution in [2.45, 2.75) is 5.16 Å². The highest BCUT2D eigenvalue weighted by Gasteiger charge is 2.19. The molecule has 3 N–H and O–H groups in total. The Morgan fingerprint density at radius 3 is 2.41 bits per heavy atom. The maximum atomic E-state index is 13.3. The van der Waals surface area contributed by atoms with Crippen molar-refractivity contribution in [1.29, 1.82) is 0 Å². The standard InChI is InChI=1S/C24H20FN5O3S/c1-26-22(31)19-13-18(11-12-27-19)33-17-9-7-16(8-10-17)28-23(32)21-20(29-24(30-21)34-2)14-3-5-15(25)6-4-14/h3-13H,1-2H3,(H,26,31)(H,28,32)(H,29,30). The number of halogens is 1. The first kappa shape index (κ1) is 23.0. The van der Waals surface area contributed by atoms with E-state index in [1.165, 1.54) is 43.2 Å². The third kappa shape index (κ3) is 5.24. The fourth-order valence-corrected chi connectivity index (χ4v) is 3.48. The SMILES string of the molecule is CNC(=O)c1cc(Oc2ccc(NC(=O)c3[nH]c(SC)nc3-c3ccc(F)cc3)cc2)ccn1. The first-order valence-corrected chi connectivity index (χ1v) is 11.4. The van der Waals surface area contributed by atoms with Crippen LogP contribution in [0.25, 0.3) is 11.3 Å². The van der Waals surface area contributed by atoms with Crippen LogP contribution in [0.1, 0.15) is 21.0 Å². The number of hydrogen-bond donors (Lipinski definition) is 3. The molecule has 8 nitrogen and oxygen atoms in total. The Hall–Kier alpha value is -4.18. The molecule has 2 aromatic carbocycles. The van der Waals surface area contributed by atoms with Crippen molar-refractivity contribution in [1.82, 2.24) is 20.3 Å². The van der Waals surface area contributed by atoms with Crippen molar-refractivity contribution in [2.24, 2.45) is 0 Å². The molecule has 0 radical (unpaired) electrons. The Balaban J connectivity index is 1.49. The molecular weight excluding hydrogens is 457 g/mol. The minimum Gasteiger partial charge on any atom is -0.457 e. The highest BCUT2D eigenvalue weighted by molar-refractivity contribution is 7.98. The van der Waals surface area contributed by atoms with Crippen LogP contribution < -0.4 is 15.4 Å². The first-order chi connectivity index (χ1) is 16.5. The quantitative estimate of drug-likeness (QED) is 0.332. The smallest absolute Gasteiger partial charge is 0.274 e. The van der Waals surface area contributed by atoms with E-state index in [-0.39, 0.29) is 29.0 Å². The summed E-state index contributed by atoms with van der Waals surface area (Å²) in [5.74, 6) is -0.0898. The van der Waals surface area contributed by atoms with Crippen LogP contribution in [0.2, 0.25) is 0 Å². The van der Waals surface area contributed by atoms with Gasteiger partial charge in [-0.1, -0.05) is 11.8 Å². The normalized spacial score (nSPS) is 10.6. The fourth-order valence-electron chi connectivity index (χ4n) is 3.09. The molecule has 0 atom stereocenters. The van der Waals surface area contributed by atoms with Crippen LogP contribution in [-0.2, 0) is 0 Å². The summed E-state index contributed by atoms with van der Waals surface area (Å²) in [5.41, 5.74) is 2.12. The lowest BCUT2D eigenvalue weighted by Crippen LogP contribution is -2.18. The van der Waals surface area contributed by atoms with Gasteiger partial charge in [-0.15, -0.1) is 0 Å². The number of benzene rings is 2. The van der Waals surface area contributed by atoms with Crippen LogP contribution >= 0.6 is 11.8 Å². The molecule has 0 fully saturated rings. The van der Waals surface area contributed by atoms with Gasteiger partial charge in [-0.25, -0.2) is 9.37 Å². The number of imidazole rings is 1. The molecule has 0 saturated heterocycles. The zero-order chi connectivity index (χ0) is 24.1. The minimum atomic E-state index is -0.384. The van der Waals surface area contributed by atoms with E-state index < -0.39 is 0 Å². The van der Waals surface area contributed by atoms with Crippen LogP contribution in [-0.4, -0.2) is 40.1 Å². The summed E-state index contributed by atoms with van der Waals surface area (Å²) < 4.78 is 19.1. The monoisotopic (exact) mass is 477 g/mol. The predicted octanol–water partition coefficient (Wildman–Crippen LogP) is 4.74. The number of thioether (sulfide) groups is 1. The maximum absolute atomic E-state index is 13.3. The number of aromatic amines is 1. The number of carbonyl (C=O) groups excluding carboxylic acids is 2. The first-order valence-electron chi connectivity index (χ1n) is 10.1. The zero-order valence-electron chi connectivity index (χ0n) is 18.3. The number of ether oxygens (including phenoxy) is 1. The van der Waals surface area contributed by atoms with Gasteiger partial charge >= 0.3 is 0 Å². The number of H-pyrrole nitrogens is 1. The van der Waals surface area contributed by atoms with Gasteiger partial charge in [-0.05, 0) is 60.9 Å². The Labute approximate surface area is 199 Å². The number of pyridine rings is 1. The second-order valence-electron chi connectivity index (χ2n) is 7.01. The van der Waals surface area contributed by atoms with Gasteiger partial charge in [-0.2, -0.15) is 0 Å². The number of carbonyl (C=O) groups is 2. The third-order valence-electron chi connectivity index (χ3n) is 4.76. The molecule has 0 aliphatic heterocycles. The van der Waals surface area contributed by atoms with E-state index >= 15 is 0 Å². The van der Waals surface area contributed by atoms with Crippen molar-refractivity contribution in [2.75, 3.05) is 18.6 Å². The zero-order valence-corrected chi connectivity index (χ0v) is 19.1. The van der Waals surface area contributed by atoms with E-state index in [4.69, 9.17) is 4.74 Å². The molecule has 4 rings (SSSR count). The molecule has 2 amide bonds. The number of hydrogen-bond acceptors (Lipinski definition) is 6. The van der Waals surface area contributed by atoms with Gasteiger partial charge in [0, 0.05) is 30.6 Å². The second-order valence-corrected chi connectivity index (χ2v) is 7.81. The number of amides is 2. The van der Waals surface area contributed by atoms with Crippen molar-refractivity contribution in [3.8, 4) is 22.8 Å². The summed E-state index contributed by atoms with van der Waals surface area (Å²) in [6.45, 7) is 0. The van der Waals surface area contributed by atoms with Gasteiger partial charge in [-0.3, -0.25) is 14.6 Å². The summed E-state index contributed by atoms with van der Waals surface area (Å²) in [5, 5.41) is 5.91. The van der Waals surface area contributed by atoms with Gasteiger partial charge < -0.3 is 20.4 Å². The highest BCUT2D eigenvalue weighted by Crippen LogP contribution is 2.27. The Bertz CT molecular complexity index is 1320. The average Bonchev–Trinajstić information content (AvgIpc) is 3.30. The van der Waals surface area contributed by atoms with Crippen LogP contribution in [0.15, 0.2) is 72.0 Å². The molecule has 2 aromatic heterocycles. The molecule has 2 heterocycles. The summed E-state index contributed by atoms with van der Waals surface area (Å²) in [6, 6.07) is 15.7. The average molecular weight is 478 g/mol. The molecular formula is C24H20FN5O3S. The van der Waals surface area contributed by atoms with E-state index in [0.29, 0.717) is 33.6 Å². The highest BCUT2D eigenvalue weighted by atomic mass is 32.2. The molecule has 0 spiro atoms. The number of nitrogens with zero attached hydrogens (tertiary/aromatic N) is 2. The van der Waals surface area contributed by atoms with Crippen molar-refractivity contribution < 1.29 is 18.7 Å². The fraction of sp³-hybridized carbons (Fsp3) is 0.0833. The topological polar surface area (TPSA) is 109 Å². The van der Waals surface area contributed by atoms with Crippen LogP contribution in [0.3, 0.4) is 0 Å². The minimum absolute atomic E-state index is 0.241. The molecule has 4 aromatic rings. The van der Waals surface area contributed by atoms with E-state index in [9.17, 15) is 14.0 Å². The van der Waals surface area contributed by atoms with Crippen molar-refractivity contribution >= 4 is 29.3 Å². The number of anilines is 1. The molecule has 0 bridgehead atoms. The lowest BCUT2D eigenvalue weighted by molar-refractivity contribution is 0.0957. The summed E-state index contributed by atoms with van der Waals surface area (Å²) in [6.07, 6.45) is 3.33. The largest absolute Gasteiger partial charge is 0.457 e. The van der Waals surface area contributed by atoms with Gasteiger partial charge in [0.25, 0.3) is 11.8 Å². The molecule has 10 heteroatoms. The number of nitrogens with one attached hydrogen (secondary N) is 3. The number of aromatic nitrogens is 3.